The second-order valence-corrected chi connectivity index (χ2v) is 7.00. The summed E-state index contributed by atoms with van der Waals surface area (Å²) < 4.78 is 39.9. The maximum atomic E-state index is 13.6. The van der Waals surface area contributed by atoms with Crippen LogP contribution in [0, 0.1) is 5.82 Å². The highest BCUT2D eigenvalue weighted by Gasteiger charge is 2.27. The smallest absolute Gasteiger partial charge is 0.326 e. The molecule has 0 aliphatic heterocycles. The second kappa shape index (κ2) is 8.74. The summed E-state index contributed by atoms with van der Waals surface area (Å²) in [5.41, 5.74) is 0. The summed E-state index contributed by atoms with van der Waals surface area (Å²) in [4.78, 5) is 22.6. The Labute approximate surface area is 140 Å². The standard InChI is InChI=1S/C15H21FN2O5S/c1-3-4-8-12(15(20)21)17-14(19)10(2)18-24(22,23)13-9-6-5-7-11(13)16/h5-7,9-10,12,18H,3-4,8H2,1-2H3,(H,17,19)(H,20,21)/t10?,12-/m0/s1. The normalized spacial score (nSPS) is 14.0. The number of unbranched alkanes of at least 4 members (excludes halogenated alkanes) is 1. The van der Waals surface area contributed by atoms with Gasteiger partial charge in [0.15, 0.2) is 0 Å². The van der Waals surface area contributed by atoms with Crippen LogP contribution in [-0.2, 0) is 19.6 Å². The Morgan fingerprint density at radius 1 is 1.29 bits per heavy atom. The number of nitrogens with one attached hydrogen (secondary N) is 2. The first kappa shape index (κ1) is 20.0. The van der Waals surface area contributed by atoms with E-state index in [1.54, 1.807) is 0 Å². The van der Waals surface area contributed by atoms with Crippen LogP contribution in [0.15, 0.2) is 29.2 Å². The number of hydrogen-bond donors (Lipinski definition) is 3. The predicted molar refractivity (Wildman–Crippen MR) is 85.3 cm³/mol. The van der Waals surface area contributed by atoms with Gasteiger partial charge in [0.1, 0.15) is 16.8 Å². The van der Waals surface area contributed by atoms with Gasteiger partial charge in [-0.3, -0.25) is 4.79 Å². The molecule has 134 valence electrons. The van der Waals surface area contributed by atoms with E-state index in [1.807, 2.05) is 11.6 Å². The lowest BCUT2D eigenvalue weighted by atomic mass is 10.1. The third-order valence-corrected chi connectivity index (χ3v) is 4.89. The molecule has 0 saturated heterocycles. The summed E-state index contributed by atoms with van der Waals surface area (Å²) in [6.45, 7) is 3.14. The number of aliphatic carboxylic acids is 1. The van der Waals surface area contributed by atoms with Crippen molar-refractivity contribution < 1.29 is 27.5 Å². The molecule has 0 heterocycles. The third-order valence-electron chi connectivity index (χ3n) is 3.31. The fraction of sp³-hybridized carbons (Fsp3) is 0.467. The number of carbonyl (C=O) groups excluding carboxylic acids is 1. The zero-order valence-corrected chi connectivity index (χ0v) is 14.3. The van der Waals surface area contributed by atoms with Crippen molar-refractivity contribution in [1.29, 1.82) is 0 Å². The molecule has 1 amide bonds. The Bertz CT molecular complexity index is 693. The molecule has 0 saturated carbocycles. The Morgan fingerprint density at radius 2 is 1.92 bits per heavy atom. The summed E-state index contributed by atoms with van der Waals surface area (Å²) >= 11 is 0. The number of carboxylic acid groups (broad SMARTS) is 1. The van der Waals surface area contributed by atoms with Crippen LogP contribution in [0.5, 0.6) is 0 Å². The van der Waals surface area contributed by atoms with E-state index in [9.17, 15) is 22.4 Å². The summed E-state index contributed by atoms with van der Waals surface area (Å²) in [6, 6.07) is 2.41. The minimum Gasteiger partial charge on any atom is -0.480 e. The molecular weight excluding hydrogens is 339 g/mol. The molecule has 0 aliphatic rings. The summed E-state index contributed by atoms with van der Waals surface area (Å²) in [5.74, 6) is -2.93. The van der Waals surface area contributed by atoms with Crippen LogP contribution in [0.3, 0.4) is 0 Å². The van der Waals surface area contributed by atoms with Gasteiger partial charge in [-0.25, -0.2) is 17.6 Å². The summed E-state index contributed by atoms with van der Waals surface area (Å²) in [5, 5.41) is 11.4. The monoisotopic (exact) mass is 360 g/mol. The van der Waals surface area contributed by atoms with Gasteiger partial charge in [0, 0.05) is 0 Å². The largest absolute Gasteiger partial charge is 0.480 e. The number of carbonyl (C=O) groups is 2. The van der Waals surface area contributed by atoms with E-state index < -0.39 is 44.7 Å². The van der Waals surface area contributed by atoms with Crippen LogP contribution in [-0.4, -0.2) is 37.5 Å². The lowest BCUT2D eigenvalue weighted by molar-refractivity contribution is -0.142. The molecule has 1 aromatic carbocycles. The van der Waals surface area contributed by atoms with Gasteiger partial charge in [0.25, 0.3) is 0 Å². The van der Waals surface area contributed by atoms with Gasteiger partial charge in [-0.1, -0.05) is 31.9 Å². The summed E-state index contributed by atoms with van der Waals surface area (Å²) in [7, 11) is -4.24. The topological polar surface area (TPSA) is 113 Å². The molecule has 1 unspecified atom stereocenters. The molecule has 7 nitrogen and oxygen atoms in total. The number of halogens is 1. The van der Waals surface area contributed by atoms with E-state index in [2.05, 4.69) is 5.32 Å². The van der Waals surface area contributed by atoms with Crippen molar-refractivity contribution in [2.24, 2.45) is 0 Å². The molecule has 2 atom stereocenters. The fourth-order valence-electron chi connectivity index (χ4n) is 1.97. The van der Waals surface area contributed by atoms with Crippen LogP contribution in [0.4, 0.5) is 4.39 Å². The maximum absolute atomic E-state index is 13.6. The first-order chi connectivity index (χ1) is 11.2. The molecule has 0 aromatic heterocycles. The summed E-state index contributed by atoms with van der Waals surface area (Å²) in [6.07, 6.45) is 1.60. The van der Waals surface area contributed by atoms with E-state index in [1.165, 1.54) is 19.1 Å². The highest BCUT2D eigenvalue weighted by Crippen LogP contribution is 2.13. The minimum absolute atomic E-state index is 0.240. The SMILES string of the molecule is CCCC[C@H](NC(=O)C(C)NS(=O)(=O)c1ccccc1F)C(=O)O. The van der Waals surface area contributed by atoms with Crippen molar-refractivity contribution in [3.05, 3.63) is 30.1 Å². The van der Waals surface area contributed by atoms with Crippen molar-refractivity contribution in [1.82, 2.24) is 10.0 Å². The van der Waals surface area contributed by atoms with E-state index in [4.69, 9.17) is 5.11 Å². The van der Waals surface area contributed by atoms with Gasteiger partial charge < -0.3 is 10.4 Å². The quantitative estimate of drug-likeness (QED) is 0.613. The number of sulfonamides is 1. The molecule has 0 radical (unpaired) electrons. The Hall–Kier alpha value is -2.00. The van der Waals surface area contributed by atoms with Gasteiger partial charge >= 0.3 is 5.97 Å². The highest BCUT2D eigenvalue weighted by molar-refractivity contribution is 7.89. The fourth-order valence-corrected chi connectivity index (χ4v) is 3.26. The van der Waals surface area contributed by atoms with Crippen molar-refractivity contribution in [2.75, 3.05) is 0 Å². The number of hydrogen-bond acceptors (Lipinski definition) is 4. The van der Waals surface area contributed by atoms with E-state index in [-0.39, 0.29) is 6.42 Å². The molecular formula is C15H21FN2O5S. The van der Waals surface area contributed by atoms with E-state index in [0.717, 1.165) is 18.6 Å². The van der Waals surface area contributed by atoms with E-state index >= 15 is 0 Å². The number of rotatable bonds is 9. The van der Waals surface area contributed by atoms with Gasteiger partial charge in [-0.05, 0) is 25.5 Å². The van der Waals surface area contributed by atoms with Crippen LogP contribution in [0.1, 0.15) is 33.1 Å². The molecule has 0 spiro atoms. The molecule has 0 fully saturated rings. The van der Waals surface area contributed by atoms with Crippen LogP contribution in [0.25, 0.3) is 0 Å². The molecule has 24 heavy (non-hydrogen) atoms. The first-order valence-corrected chi connectivity index (χ1v) is 8.97. The zero-order valence-electron chi connectivity index (χ0n) is 13.5. The molecule has 0 bridgehead atoms. The number of benzene rings is 1. The van der Waals surface area contributed by atoms with Crippen molar-refractivity contribution in [2.45, 2.75) is 50.1 Å². The van der Waals surface area contributed by atoms with E-state index in [0.29, 0.717) is 6.42 Å². The Balaban J connectivity index is 2.79. The molecule has 1 aromatic rings. The first-order valence-electron chi connectivity index (χ1n) is 7.49. The highest BCUT2D eigenvalue weighted by atomic mass is 32.2. The molecule has 9 heteroatoms. The maximum Gasteiger partial charge on any atom is 0.326 e. The third kappa shape index (κ3) is 5.57. The predicted octanol–water partition coefficient (Wildman–Crippen LogP) is 1.25. The Morgan fingerprint density at radius 3 is 2.46 bits per heavy atom. The van der Waals surface area contributed by atoms with Gasteiger partial charge in [0.2, 0.25) is 15.9 Å². The number of carboxylic acids is 1. The lowest BCUT2D eigenvalue weighted by Crippen LogP contribution is -2.50. The number of amides is 1. The average molecular weight is 360 g/mol. The van der Waals surface area contributed by atoms with Gasteiger partial charge in [0.05, 0.1) is 6.04 Å². The van der Waals surface area contributed by atoms with Crippen molar-refractivity contribution in [3.63, 3.8) is 0 Å². The van der Waals surface area contributed by atoms with Gasteiger partial charge in [-0.15, -0.1) is 0 Å². The van der Waals surface area contributed by atoms with Crippen molar-refractivity contribution in [3.8, 4) is 0 Å². The molecule has 0 aliphatic carbocycles. The molecule has 3 N–H and O–H groups in total. The van der Waals surface area contributed by atoms with Crippen LogP contribution in [0.2, 0.25) is 0 Å². The van der Waals surface area contributed by atoms with Crippen LogP contribution < -0.4 is 10.0 Å². The van der Waals surface area contributed by atoms with Crippen LogP contribution >= 0.6 is 0 Å². The zero-order chi connectivity index (χ0) is 18.3. The minimum atomic E-state index is -4.24. The van der Waals surface area contributed by atoms with Crippen molar-refractivity contribution >= 4 is 21.9 Å². The average Bonchev–Trinajstić information content (AvgIpc) is 2.50. The lowest BCUT2D eigenvalue weighted by Gasteiger charge is -2.18. The van der Waals surface area contributed by atoms with Gasteiger partial charge in [-0.2, -0.15) is 4.72 Å². The second-order valence-electron chi connectivity index (χ2n) is 5.32. The Kier molecular flexibility index (Phi) is 7.30. The molecule has 1 rings (SSSR count).